The van der Waals surface area contributed by atoms with Gasteiger partial charge in [0.15, 0.2) is 0 Å². The zero-order valence-corrected chi connectivity index (χ0v) is 11.8. The predicted octanol–water partition coefficient (Wildman–Crippen LogP) is 1.41. The number of alkyl halides is 2. The number of rotatable bonds is 5. The normalized spacial score (nSPS) is 18.5. The van der Waals surface area contributed by atoms with E-state index in [-0.39, 0.29) is 11.3 Å². The van der Waals surface area contributed by atoms with Gasteiger partial charge in [0.2, 0.25) is 0 Å². The molecule has 1 atom stereocenters. The Labute approximate surface area is 121 Å². The molecule has 1 aromatic carbocycles. The van der Waals surface area contributed by atoms with Gasteiger partial charge in [-0.3, -0.25) is 4.90 Å². The van der Waals surface area contributed by atoms with E-state index in [1.165, 1.54) is 13.2 Å². The summed E-state index contributed by atoms with van der Waals surface area (Å²) in [5.74, 6) is -3.84. The first kappa shape index (κ1) is 16.1. The topological polar surface area (TPSA) is 44.7 Å². The van der Waals surface area contributed by atoms with E-state index < -0.39 is 24.4 Å². The van der Waals surface area contributed by atoms with Crippen LogP contribution in [0.3, 0.4) is 0 Å². The van der Waals surface area contributed by atoms with Crippen molar-refractivity contribution in [2.75, 3.05) is 39.9 Å². The second kappa shape index (κ2) is 6.64. The van der Waals surface area contributed by atoms with Crippen molar-refractivity contribution in [3.05, 3.63) is 29.6 Å². The van der Waals surface area contributed by atoms with Crippen molar-refractivity contribution in [1.29, 1.82) is 0 Å². The molecule has 0 spiro atoms. The van der Waals surface area contributed by atoms with Gasteiger partial charge in [-0.1, -0.05) is 6.07 Å². The molecule has 21 heavy (non-hydrogen) atoms. The van der Waals surface area contributed by atoms with E-state index in [2.05, 4.69) is 5.32 Å². The van der Waals surface area contributed by atoms with Gasteiger partial charge in [-0.2, -0.15) is 0 Å². The van der Waals surface area contributed by atoms with Gasteiger partial charge in [-0.15, -0.1) is 0 Å². The molecular formula is C14H19F3N2O2. The van der Waals surface area contributed by atoms with Gasteiger partial charge >= 0.3 is 0 Å². The average Bonchev–Trinajstić information content (AvgIpc) is 2.50. The zero-order valence-electron chi connectivity index (χ0n) is 11.8. The van der Waals surface area contributed by atoms with Gasteiger partial charge in [0.1, 0.15) is 24.2 Å². The van der Waals surface area contributed by atoms with Gasteiger partial charge < -0.3 is 15.2 Å². The van der Waals surface area contributed by atoms with Crippen LogP contribution in [0.25, 0.3) is 0 Å². The molecule has 1 aromatic rings. The molecule has 1 aliphatic rings. The van der Waals surface area contributed by atoms with Gasteiger partial charge in [0.25, 0.3) is 5.92 Å². The van der Waals surface area contributed by atoms with E-state index in [1.807, 2.05) is 0 Å². The Morgan fingerprint density at radius 3 is 2.62 bits per heavy atom. The molecule has 2 rings (SSSR count). The molecule has 0 bridgehead atoms. The SMILES string of the molecule is COc1cc(F)ccc1[C@@H](N1CCNCC1)C(F)(F)CO. The quantitative estimate of drug-likeness (QED) is 0.863. The Balaban J connectivity index is 2.43. The Morgan fingerprint density at radius 1 is 1.38 bits per heavy atom. The fraction of sp³-hybridized carbons (Fsp3) is 0.571. The number of piperazine rings is 1. The number of ether oxygens (including phenoxy) is 1. The summed E-state index contributed by atoms with van der Waals surface area (Å²) >= 11 is 0. The summed E-state index contributed by atoms with van der Waals surface area (Å²) in [5.41, 5.74) is 0.180. The molecular weight excluding hydrogens is 285 g/mol. The van der Waals surface area contributed by atoms with Gasteiger partial charge in [0, 0.05) is 37.8 Å². The van der Waals surface area contributed by atoms with Gasteiger partial charge in [-0.05, 0) is 6.07 Å². The van der Waals surface area contributed by atoms with Crippen LogP contribution in [-0.4, -0.2) is 55.8 Å². The molecule has 0 radical (unpaired) electrons. The molecule has 0 saturated carbocycles. The summed E-state index contributed by atoms with van der Waals surface area (Å²) < 4.78 is 46.8. The van der Waals surface area contributed by atoms with E-state index in [4.69, 9.17) is 9.84 Å². The largest absolute Gasteiger partial charge is 0.496 e. The number of nitrogens with one attached hydrogen (secondary N) is 1. The molecule has 0 aromatic heterocycles. The highest BCUT2D eigenvalue weighted by Gasteiger charge is 2.45. The molecule has 0 unspecified atom stereocenters. The predicted molar refractivity (Wildman–Crippen MR) is 72.2 cm³/mol. The molecule has 0 amide bonds. The fourth-order valence-corrected chi connectivity index (χ4v) is 2.63. The summed E-state index contributed by atoms with van der Waals surface area (Å²) in [6.07, 6.45) is 0. The summed E-state index contributed by atoms with van der Waals surface area (Å²) in [6, 6.07) is 2.16. The van der Waals surface area contributed by atoms with Gasteiger partial charge in [0.05, 0.1) is 7.11 Å². The summed E-state index contributed by atoms with van der Waals surface area (Å²) in [4.78, 5) is 1.59. The highest BCUT2D eigenvalue weighted by Crippen LogP contribution is 2.40. The highest BCUT2D eigenvalue weighted by molar-refractivity contribution is 5.38. The first-order valence-corrected chi connectivity index (χ1v) is 6.76. The van der Waals surface area contributed by atoms with Crippen molar-refractivity contribution < 1.29 is 23.0 Å². The van der Waals surface area contributed by atoms with Crippen LogP contribution in [0.2, 0.25) is 0 Å². The maximum atomic E-state index is 14.2. The lowest BCUT2D eigenvalue weighted by molar-refractivity contribution is -0.119. The minimum Gasteiger partial charge on any atom is -0.496 e. The number of hydrogen-bond donors (Lipinski definition) is 2. The number of aliphatic hydroxyl groups is 1. The van der Waals surface area contributed by atoms with Crippen molar-refractivity contribution in [2.24, 2.45) is 0 Å². The number of halogens is 3. The van der Waals surface area contributed by atoms with Crippen LogP contribution in [0, 0.1) is 5.82 Å². The smallest absolute Gasteiger partial charge is 0.290 e. The molecule has 2 N–H and O–H groups in total. The molecule has 118 valence electrons. The molecule has 1 saturated heterocycles. The number of benzene rings is 1. The van der Waals surface area contributed by atoms with Crippen LogP contribution < -0.4 is 10.1 Å². The Bertz CT molecular complexity index is 479. The minimum absolute atomic E-state index is 0.0617. The van der Waals surface area contributed by atoms with E-state index in [0.717, 1.165) is 12.1 Å². The van der Waals surface area contributed by atoms with Crippen LogP contribution in [0.15, 0.2) is 18.2 Å². The second-order valence-electron chi connectivity index (χ2n) is 4.99. The molecule has 1 heterocycles. The zero-order chi connectivity index (χ0) is 15.5. The maximum Gasteiger partial charge on any atom is 0.290 e. The number of methoxy groups -OCH3 is 1. The molecule has 4 nitrogen and oxygen atoms in total. The second-order valence-corrected chi connectivity index (χ2v) is 4.99. The third-order valence-electron chi connectivity index (χ3n) is 3.62. The third kappa shape index (κ3) is 3.48. The Kier molecular flexibility index (Phi) is 5.08. The van der Waals surface area contributed by atoms with E-state index in [9.17, 15) is 13.2 Å². The van der Waals surface area contributed by atoms with Crippen molar-refractivity contribution in [1.82, 2.24) is 10.2 Å². The standard InChI is InChI=1S/C14H19F3N2O2/c1-21-12-8-10(15)2-3-11(12)13(14(16,17)9-20)19-6-4-18-5-7-19/h2-3,8,13,18,20H,4-7,9H2,1H3/t13-/m1/s1. The third-order valence-corrected chi connectivity index (χ3v) is 3.62. The molecule has 1 aliphatic heterocycles. The van der Waals surface area contributed by atoms with Crippen LogP contribution in [0.5, 0.6) is 5.75 Å². The van der Waals surface area contributed by atoms with Crippen molar-refractivity contribution in [2.45, 2.75) is 12.0 Å². The van der Waals surface area contributed by atoms with Crippen LogP contribution in [-0.2, 0) is 0 Å². The lowest BCUT2D eigenvalue weighted by Crippen LogP contribution is -2.51. The number of hydrogen-bond acceptors (Lipinski definition) is 4. The lowest BCUT2D eigenvalue weighted by atomic mass is 9.97. The monoisotopic (exact) mass is 304 g/mol. The lowest BCUT2D eigenvalue weighted by Gasteiger charge is -2.39. The summed E-state index contributed by atoms with van der Waals surface area (Å²) in [6.45, 7) is 0.729. The number of aliphatic hydroxyl groups excluding tert-OH is 1. The average molecular weight is 304 g/mol. The van der Waals surface area contributed by atoms with E-state index in [0.29, 0.717) is 26.2 Å². The first-order chi connectivity index (χ1) is 9.99. The van der Waals surface area contributed by atoms with Crippen LogP contribution in [0.1, 0.15) is 11.6 Å². The Hall–Kier alpha value is -1.31. The van der Waals surface area contributed by atoms with Crippen molar-refractivity contribution >= 4 is 0 Å². The maximum absolute atomic E-state index is 14.2. The molecule has 0 aliphatic carbocycles. The van der Waals surface area contributed by atoms with Crippen LogP contribution >= 0.6 is 0 Å². The molecule has 7 heteroatoms. The first-order valence-electron chi connectivity index (χ1n) is 6.76. The summed E-state index contributed by atoms with van der Waals surface area (Å²) in [5, 5.41) is 12.2. The van der Waals surface area contributed by atoms with E-state index >= 15 is 0 Å². The molecule has 1 fully saturated rings. The minimum atomic E-state index is -3.34. The summed E-state index contributed by atoms with van der Waals surface area (Å²) in [7, 11) is 1.31. The van der Waals surface area contributed by atoms with Crippen molar-refractivity contribution in [3.63, 3.8) is 0 Å². The van der Waals surface area contributed by atoms with Crippen LogP contribution in [0.4, 0.5) is 13.2 Å². The Morgan fingerprint density at radius 2 is 2.05 bits per heavy atom. The fourth-order valence-electron chi connectivity index (χ4n) is 2.63. The van der Waals surface area contributed by atoms with Crippen molar-refractivity contribution in [3.8, 4) is 5.75 Å². The van der Waals surface area contributed by atoms with E-state index in [1.54, 1.807) is 4.90 Å². The highest BCUT2D eigenvalue weighted by atomic mass is 19.3. The van der Waals surface area contributed by atoms with Gasteiger partial charge in [-0.25, -0.2) is 13.2 Å². The number of nitrogens with zero attached hydrogens (tertiary/aromatic N) is 1.